The number of fused-ring (bicyclic) bond motifs is 1. The molecule has 4 aromatic rings. The lowest BCUT2D eigenvalue weighted by atomic mass is 10.1. The molecule has 0 radical (unpaired) electrons. The highest BCUT2D eigenvalue weighted by molar-refractivity contribution is 6.34. The molecule has 0 fully saturated rings. The lowest BCUT2D eigenvalue weighted by molar-refractivity contribution is 0.0924. The van der Waals surface area contributed by atoms with Crippen LogP contribution in [0.25, 0.3) is 0 Å². The van der Waals surface area contributed by atoms with E-state index in [-0.39, 0.29) is 17.9 Å². The molecule has 0 aliphatic carbocycles. The topological polar surface area (TPSA) is 84.3 Å². The Morgan fingerprint density at radius 3 is 2.30 bits per heavy atom. The third-order valence-electron chi connectivity index (χ3n) is 5.33. The average Bonchev–Trinajstić information content (AvgIpc) is 3.37. The molecule has 0 saturated carbocycles. The predicted molar refractivity (Wildman–Crippen MR) is 120 cm³/mol. The van der Waals surface area contributed by atoms with E-state index in [1.807, 2.05) is 0 Å². The van der Waals surface area contributed by atoms with E-state index in [9.17, 15) is 18.8 Å². The van der Waals surface area contributed by atoms with Crippen LogP contribution in [0.3, 0.4) is 0 Å². The number of rotatable bonds is 5. The number of hydrogen-bond donors (Lipinski definition) is 1. The molecule has 3 amide bonds. The summed E-state index contributed by atoms with van der Waals surface area (Å²) < 4.78 is 15.4. The largest absolute Gasteiger partial charge is 0.305 e. The van der Waals surface area contributed by atoms with Gasteiger partial charge >= 0.3 is 0 Å². The molecule has 7 nitrogen and oxygen atoms in total. The van der Waals surface area contributed by atoms with Gasteiger partial charge in [0.05, 0.1) is 23.4 Å². The number of amides is 3. The van der Waals surface area contributed by atoms with E-state index in [1.54, 1.807) is 72.9 Å². The maximum atomic E-state index is 13.9. The number of imide groups is 1. The zero-order chi connectivity index (χ0) is 22.9. The SMILES string of the molecule is O=C(Nc1ccn(Cc2ccccc2F)n1)c1cccc(N2C(=O)c3ccccc3C2=O)c1. The van der Waals surface area contributed by atoms with Crippen molar-refractivity contribution in [1.82, 2.24) is 9.78 Å². The number of aromatic nitrogens is 2. The molecule has 1 N–H and O–H groups in total. The molecule has 0 spiro atoms. The number of anilines is 2. The van der Waals surface area contributed by atoms with Gasteiger partial charge in [-0.15, -0.1) is 0 Å². The first kappa shape index (κ1) is 20.3. The molecule has 0 atom stereocenters. The van der Waals surface area contributed by atoms with E-state index in [0.29, 0.717) is 28.2 Å². The molecule has 0 bridgehead atoms. The van der Waals surface area contributed by atoms with Crippen LogP contribution in [0.4, 0.5) is 15.9 Å². The van der Waals surface area contributed by atoms with E-state index < -0.39 is 17.7 Å². The number of nitrogens with zero attached hydrogens (tertiary/aromatic N) is 3. The number of hydrogen-bond acceptors (Lipinski definition) is 4. The minimum absolute atomic E-state index is 0.220. The van der Waals surface area contributed by atoms with Crippen LogP contribution < -0.4 is 10.2 Å². The molecule has 1 aliphatic heterocycles. The fourth-order valence-electron chi connectivity index (χ4n) is 3.72. The molecule has 5 rings (SSSR count). The minimum Gasteiger partial charge on any atom is -0.305 e. The summed E-state index contributed by atoms with van der Waals surface area (Å²) in [4.78, 5) is 39.3. The first-order valence-corrected chi connectivity index (χ1v) is 10.2. The second-order valence-electron chi connectivity index (χ2n) is 7.49. The molecule has 3 aromatic carbocycles. The summed E-state index contributed by atoms with van der Waals surface area (Å²) in [5.74, 6) is -1.35. The maximum absolute atomic E-state index is 13.9. The molecule has 0 unspecified atom stereocenters. The van der Waals surface area contributed by atoms with Crippen molar-refractivity contribution in [2.45, 2.75) is 6.54 Å². The Balaban J connectivity index is 1.33. The Kier molecular flexibility index (Phi) is 5.02. The lowest BCUT2D eigenvalue weighted by Gasteiger charge is -2.14. The molecule has 0 saturated heterocycles. The van der Waals surface area contributed by atoms with E-state index in [4.69, 9.17) is 0 Å². The van der Waals surface area contributed by atoms with Crippen molar-refractivity contribution in [3.8, 4) is 0 Å². The number of halogens is 1. The van der Waals surface area contributed by atoms with Crippen LogP contribution in [0.1, 0.15) is 36.6 Å². The predicted octanol–water partition coefficient (Wildman–Crippen LogP) is 4.12. The third kappa shape index (κ3) is 3.78. The standard InChI is InChI=1S/C25H17FN4O3/c26-21-11-4-1-6-17(21)15-29-13-12-22(28-29)27-23(31)16-7-5-8-18(14-16)30-24(32)19-9-2-3-10-20(19)25(30)33/h1-14H,15H2,(H,27,28,31). The Bertz CT molecular complexity index is 1380. The molecule has 1 aliphatic rings. The number of nitrogens with one attached hydrogen (secondary N) is 1. The number of carbonyl (C=O) groups excluding carboxylic acids is 3. The summed E-state index contributed by atoms with van der Waals surface area (Å²) in [5.41, 5.74) is 1.70. The van der Waals surface area contributed by atoms with Crippen molar-refractivity contribution in [3.63, 3.8) is 0 Å². The zero-order valence-corrected chi connectivity index (χ0v) is 17.2. The van der Waals surface area contributed by atoms with Gasteiger partial charge in [0.15, 0.2) is 5.82 Å². The number of carbonyl (C=O) groups is 3. The summed E-state index contributed by atoms with van der Waals surface area (Å²) in [6.07, 6.45) is 1.64. The minimum atomic E-state index is -0.454. The lowest BCUT2D eigenvalue weighted by Crippen LogP contribution is -2.29. The Labute approximate surface area is 188 Å². The molecule has 8 heteroatoms. The third-order valence-corrected chi connectivity index (χ3v) is 5.33. The average molecular weight is 440 g/mol. The van der Waals surface area contributed by atoms with Crippen molar-refractivity contribution in [2.24, 2.45) is 0 Å². The monoisotopic (exact) mass is 440 g/mol. The van der Waals surface area contributed by atoms with Gasteiger partial charge in [-0.25, -0.2) is 9.29 Å². The Morgan fingerprint density at radius 1 is 0.879 bits per heavy atom. The van der Waals surface area contributed by atoms with E-state index in [2.05, 4.69) is 10.4 Å². The van der Waals surface area contributed by atoms with Gasteiger partial charge in [0.2, 0.25) is 0 Å². The first-order valence-electron chi connectivity index (χ1n) is 10.2. The van der Waals surface area contributed by atoms with Crippen LogP contribution >= 0.6 is 0 Å². The fraction of sp³-hybridized carbons (Fsp3) is 0.0400. The fourth-order valence-corrected chi connectivity index (χ4v) is 3.72. The normalized spacial score (nSPS) is 12.7. The van der Waals surface area contributed by atoms with Crippen LogP contribution in [-0.4, -0.2) is 27.5 Å². The molecule has 2 heterocycles. The van der Waals surface area contributed by atoms with Crippen LogP contribution in [0, 0.1) is 5.82 Å². The zero-order valence-electron chi connectivity index (χ0n) is 17.2. The summed E-state index contributed by atoms with van der Waals surface area (Å²) >= 11 is 0. The Hall–Kier alpha value is -4.59. The smallest absolute Gasteiger partial charge is 0.266 e. The van der Waals surface area contributed by atoms with Crippen LogP contribution in [0.15, 0.2) is 85.1 Å². The summed E-state index contributed by atoms with van der Waals surface area (Å²) in [6, 6.07) is 20.9. The molecular weight excluding hydrogens is 423 g/mol. The quantitative estimate of drug-likeness (QED) is 0.473. The molecule has 1 aromatic heterocycles. The van der Waals surface area contributed by atoms with Crippen molar-refractivity contribution < 1.29 is 18.8 Å². The molecule has 162 valence electrons. The first-order chi connectivity index (χ1) is 16.0. The van der Waals surface area contributed by atoms with Gasteiger partial charge in [-0.1, -0.05) is 36.4 Å². The van der Waals surface area contributed by atoms with Gasteiger partial charge in [0, 0.05) is 23.4 Å². The second-order valence-corrected chi connectivity index (χ2v) is 7.49. The highest BCUT2D eigenvalue weighted by atomic mass is 19.1. The van der Waals surface area contributed by atoms with E-state index >= 15 is 0 Å². The molecule has 33 heavy (non-hydrogen) atoms. The maximum Gasteiger partial charge on any atom is 0.266 e. The van der Waals surface area contributed by atoms with Crippen molar-refractivity contribution >= 4 is 29.2 Å². The van der Waals surface area contributed by atoms with E-state index in [0.717, 1.165) is 4.90 Å². The highest BCUT2D eigenvalue weighted by Gasteiger charge is 2.36. The van der Waals surface area contributed by atoms with Gasteiger partial charge in [-0.2, -0.15) is 5.10 Å². The second kappa shape index (κ2) is 8.16. The summed E-state index contributed by atoms with van der Waals surface area (Å²) in [5, 5.41) is 6.95. The van der Waals surface area contributed by atoms with E-state index in [1.165, 1.54) is 16.8 Å². The van der Waals surface area contributed by atoms with Gasteiger partial charge in [0.25, 0.3) is 17.7 Å². The van der Waals surface area contributed by atoms with Gasteiger partial charge < -0.3 is 5.32 Å². The van der Waals surface area contributed by atoms with Crippen molar-refractivity contribution in [1.29, 1.82) is 0 Å². The number of benzene rings is 3. The summed E-state index contributed by atoms with van der Waals surface area (Å²) in [6.45, 7) is 0.220. The Morgan fingerprint density at radius 2 is 1.58 bits per heavy atom. The van der Waals surface area contributed by atoms with Crippen molar-refractivity contribution in [3.05, 3.63) is 113 Å². The van der Waals surface area contributed by atoms with Crippen LogP contribution in [-0.2, 0) is 6.54 Å². The van der Waals surface area contributed by atoms with Gasteiger partial charge in [-0.05, 0) is 36.4 Å². The van der Waals surface area contributed by atoms with Crippen LogP contribution in [0.2, 0.25) is 0 Å². The molecular formula is C25H17FN4O3. The highest BCUT2D eigenvalue weighted by Crippen LogP contribution is 2.28. The van der Waals surface area contributed by atoms with Gasteiger partial charge in [-0.3, -0.25) is 19.1 Å². The van der Waals surface area contributed by atoms with Gasteiger partial charge in [0.1, 0.15) is 5.82 Å². The van der Waals surface area contributed by atoms with Crippen molar-refractivity contribution in [2.75, 3.05) is 10.2 Å². The van der Waals surface area contributed by atoms with Crippen LogP contribution in [0.5, 0.6) is 0 Å². The summed E-state index contributed by atoms with van der Waals surface area (Å²) in [7, 11) is 0.